The summed E-state index contributed by atoms with van der Waals surface area (Å²) in [6.07, 6.45) is -0.584. The van der Waals surface area contributed by atoms with Crippen LogP contribution in [0.15, 0.2) is 5.11 Å². The van der Waals surface area contributed by atoms with Crippen molar-refractivity contribution in [3.8, 4) is 0 Å². The molecule has 10 heavy (non-hydrogen) atoms. The van der Waals surface area contributed by atoms with Crippen LogP contribution >= 0.6 is 0 Å². The monoisotopic (exact) mass is 143 g/mol. The predicted octanol–water partition coefficient (Wildman–Crippen LogP) is 0.340. The molecular weight excluding hydrogens is 138 g/mol. The smallest absolute Gasteiger partial charge is 0.310 e. The minimum Gasteiger partial charge on any atom is -0.481 e. The van der Waals surface area contributed by atoms with Gasteiger partial charge in [-0.1, -0.05) is 5.11 Å². The maximum atomic E-state index is 10.4. The molecule has 0 aromatic heterocycles. The van der Waals surface area contributed by atoms with Gasteiger partial charge in [-0.3, -0.25) is 9.59 Å². The molecule has 0 spiro atoms. The molecule has 1 N–H and O–H groups in total. The van der Waals surface area contributed by atoms with Gasteiger partial charge in [0, 0.05) is 4.91 Å². The second kappa shape index (κ2) is 4.34. The predicted molar refractivity (Wildman–Crippen MR) is 31.3 cm³/mol. The fourth-order valence-electron chi connectivity index (χ4n) is 0.335. The van der Waals surface area contributed by atoms with Crippen molar-refractivity contribution in [1.82, 2.24) is 0 Å². The van der Waals surface area contributed by atoms with E-state index >= 15 is 0 Å². The van der Waals surface area contributed by atoms with Crippen molar-refractivity contribution in [3.05, 3.63) is 10.4 Å². The third-order valence-corrected chi connectivity index (χ3v) is 0.659. The average Bonchev–Trinajstić information content (AvgIpc) is 1.82. The summed E-state index contributed by atoms with van der Waals surface area (Å²) in [6.45, 7) is -0.386. The standard InChI is InChI=1S/C4H5N3O3/c5-7-6-2-3(8)1-4(9)10/h1-2H2,(H,9,10). The molecule has 0 bridgehead atoms. The molecular formula is C4H5N3O3. The van der Waals surface area contributed by atoms with Crippen LogP contribution in [-0.2, 0) is 9.59 Å². The van der Waals surface area contributed by atoms with Gasteiger partial charge in [-0.05, 0) is 5.53 Å². The van der Waals surface area contributed by atoms with E-state index < -0.39 is 18.2 Å². The van der Waals surface area contributed by atoms with E-state index in [-0.39, 0.29) is 6.54 Å². The molecule has 0 atom stereocenters. The zero-order valence-electron chi connectivity index (χ0n) is 5.02. The first-order valence-electron chi connectivity index (χ1n) is 2.41. The number of rotatable bonds is 4. The summed E-state index contributed by atoms with van der Waals surface area (Å²) in [5.74, 6) is -1.80. The number of hydrogen-bond acceptors (Lipinski definition) is 3. The molecule has 0 aromatic carbocycles. The summed E-state index contributed by atoms with van der Waals surface area (Å²) >= 11 is 0. The zero-order chi connectivity index (χ0) is 7.98. The number of nitrogens with zero attached hydrogens (tertiary/aromatic N) is 3. The maximum Gasteiger partial charge on any atom is 0.310 e. The number of hydrogen-bond donors (Lipinski definition) is 1. The molecule has 0 radical (unpaired) electrons. The van der Waals surface area contributed by atoms with Crippen LogP contribution in [0.2, 0.25) is 0 Å². The van der Waals surface area contributed by atoms with E-state index in [4.69, 9.17) is 10.6 Å². The Morgan fingerprint density at radius 1 is 1.60 bits per heavy atom. The highest BCUT2D eigenvalue weighted by atomic mass is 16.4. The summed E-state index contributed by atoms with van der Waals surface area (Å²) in [6, 6.07) is 0. The zero-order valence-corrected chi connectivity index (χ0v) is 5.02. The molecule has 0 rings (SSSR count). The van der Waals surface area contributed by atoms with Gasteiger partial charge in [0.15, 0.2) is 0 Å². The van der Waals surface area contributed by atoms with Crippen LogP contribution in [0.1, 0.15) is 6.42 Å². The van der Waals surface area contributed by atoms with Crippen LogP contribution in [0.5, 0.6) is 0 Å². The minimum absolute atomic E-state index is 0.386. The van der Waals surface area contributed by atoms with Gasteiger partial charge < -0.3 is 5.11 Å². The third kappa shape index (κ3) is 4.61. The Bertz CT molecular complexity index is 188. The van der Waals surface area contributed by atoms with Crippen molar-refractivity contribution >= 4 is 11.8 Å². The van der Waals surface area contributed by atoms with E-state index in [0.717, 1.165) is 0 Å². The molecule has 0 amide bonds. The van der Waals surface area contributed by atoms with Gasteiger partial charge >= 0.3 is 5.97 Å². The highest BCUT2D eigenvalue weighted by Gasteiger charge is 2.04. The summed E-state index contributed by atoms with van der Waals surface area (Å²) in [4.78, 5) is 22.5. The second-order valence-electron chi connectivity index (χ2n) is 1.50. The number of ketones is 1. The lowest BCUT2D eigenvalue weighted by Gasteiger charge is -1.87. The first kappa shape index (κ1) is 8.45. The molecule has 54 valence electrons. The first-order chi connectivity index (χ1) is 4.66. The number of carbonyl (C=O) groups excluding carboxylic acids is 1. The fourth-order valence-corrected chi connectivity index (χ4v) is 0.335. The Kier molecular flexibility index (Phi) is 3.67. The Morgan fingerprint density at radius 2 is 2.20 bits per heavy atom. The lowest BCUT2D eigenvalue weighted by molar-refractivity contribution is -0.139. The Labute approximate surface area is 56.1 Å². The van der Waals surface area contributed by atoms with Crippen LogP contribution in [0, 0.1) is 0 Å². The van der Waals surface area contributed by atoms with Crippen molar-refractivity contribution in [2.75, 3.05) is 6.54 Å². The van der Waals surface area contributed by atoms with Gasteiger partial charge in [0.1, 0.15) is 12.2 Å². The Hall–Kier alpha value is -1.55. The van der Waals surface area contributed by atoms with E-state index in [1.54, 1.807) is 0 Å². The third-order valence-electron chi connectivity index (χ3n) is 0.659. The van der Waals surface area contributed by atoms with Crippen molar-refractivity contribution in [2.24, 2.45) is 5.11 Å². The number of Topliss-reactive ketones (excluding diaryl/α,β-unsaturated/α-hetero) is 1. The minimum atomic E-state index is -1.21. The normalized spacial score (nSPS) is 8.00. The number of carbonyl (C=O) groups is 2. The van der Waals surface area contributed by atoms with Crippen LogP contribution in [0.3, 0.4) is 0 Å². The molecule has 0 aliphatic rings. The molecule has 0 aliphatic heterocycles. The van der Waals surface area contributed by atoms with Crippen LogP contribution in [0.4, 0.5) is 0 Å². The van der Waals surface area contributed by atoms with Gasteiger partial charge in [-0.15, -0.1) is 0 Å². The molecule has 0 aliphatic carbocycles. The summed E-state index contributed by atoms with van der Waals surface area (Å²) in [5.41, 5.74) is 7.71. The van der Waals surface area contributed by atoms with Crippen LogP contribution in [0.25, 0.3) is 10.4 Å². The summed E-state index contributed by atoms with van der Waals surface area (Å²) in [5, 5.41) is 10.9. The van der Waals surface area contributed by atoms with Crippen LogP contribution < -0.4 is 0 Å². The lowest BCUT2D eigenvalue weighted by atomic mass is 10.3. The van der Waals surface area contributed by atoms with Gasteiger partial charge in [0.05, 0.1) is 6.54 Å². The number of aliphatic carboxylic acids is 1. The molecule has 6 heteroatoms. The van der Waals surface area contributed by atoms with Gasteiger partial charge in [0.2, 0.25) is 0 Å². The lowest BCUT2D eigenvalue weighted by Crippen LogP contribution is -2.08. The maximum absolute atomic E-state index is 10.4. The van der Waals surface area contributed by atoms with Gasteiger partial charge in [-0.25, -0.2) is 0 Å². The first-order valence-corrected chi connectivity index (χ1v) is 2.41. The summed E-state index contributed by atoms with van der Waals surface area (Å²) < 4.78 is 0. The highest BCUT2D eigenvalue weighted by molar-refractivity contribution is 5.95. The van der Waals surface area contributed by atoms with E-state index in [1.807, 2.05) is 0 Å². The van der Waals surface area contributed by atoms with Crippen molar-refractivity contribution in [1.29, 1.82) is 0 Å². The fraction of sp³-hybridized carbons (Fsp3) is 0.500. The van der Waals surface area contributed by atoms with E-state index in [1.165, 1.54) is 0 Å². The molecule has 0 fully saturated rings. The van der Waals surface area contributed by atoms with Crippen LogP contribution in [-0.4, -0.2) is 23.4 Å². The molecule has 6 nitrogen and oxygen atoms in total. The molecule has 0 unspecified atom stereocenters. The largest absolute Gasteiger partial charge is 0.481 e. The Morgan fingerprint density at radius 3 is 2.60 bits per heavy atom. The highest BCUT2D eigenvalue weighted by Crippen LogP contribution is 1.83. The number of carboxylic acids is 1. The van der Waals surface area contributed by atoms with Crippen molar-refractivity contribution in [3.63, 3.8) is 0 Å². The number of azide groups is 1. The van der Waals surface area contributed by atoms with E-state index in [2.05, 4.69) is 10.0 Å². The Balaban J connectivity index is 3.64. The van der Waals surface area contributed by atoms with Crippen molar-refractivity contribution < 1.29 is 14.7 Å². The second-order valence-corrected chi connectivity index (χ2v) is 1.50. The van der Waals surface area contributed by atoms with Gasteiger partial charge in [0.25, 0.3) is 0 Å². The van der Waals surface area contributed by atoms with E-state index in [9.17, 15) is 9.59 Å². The molecule has 0 aromatic rings. The molecule has 0 saturated carbocycles. The molecule has 0 saturated heterocycles. The van der Waals surface area contributed by atoms with E-state index in [0.29, 0.717) is 0 Å². The molecule has 0 heterocycles. The quantitative estimate of drug-likeness (QED) is 0.265. The number of carboxylic acid groups (broad SMARTS) is 1. The van der Waals surface area contributed by atoms with Crippen molar-refractivity contribution in [2.45, 2.75) is 6.42 Å². The van der Waals surface area contributed by atoms with Gasteiger partial charge in [-0.2, -0.15) is 0 Å². The SMILES string of the molecule is [N-]=[N+]=NCC(=O)CC(=O)O. The topological polar surface area (TPSA) is 103 Å². The summed E-state index contributed by atoms with van der Waals surface area (Å²) in [7, 11) is 0. The average molecular weight is 143 g/mol.